The van der Waals surface area contributed by atoms with Crippen LogP contribution in [0.2, 0.25) is 0 Å². The zero-order valence-corrected chi connectivity index (χ0v) is 16.9. The van der Waals surface area contributed by atoms with Crippen molar-refractivity contribution in [2.24, 2.45) is 0 Å². The molecule has 1 aromatic carbocycles. The molecule has 0 radical (unpaired) electrons. The minimum Gasteiger partial charge on any atom is -0.497 e. The van der Waals surface area contributed by atoms with Crippen molar-refractivity contribution >= 4 is 28.9 Å². The first-order valence-electron chi connectivity index (χ1n) is 8.34. The summed E-state index contributed by atoms with van der Waals surface area (Å²) in [5, 5.41) is 9.38. The number of hydrogen-bond donors (Lipinski definition) is 0. The number of thiophene rings is 1. The van der Waals surface area contributed by atoms with Gasteiger partial charge in [-0.05, 0) is 51.1 Å². The van der Waals surface area contributed by atoms with Crippen LogP contribution in [0.25, 0.3) is 11.4 Å². The molecular formula is C19H21N3O2S2. The first kappa shape index (κ1) is 18.7. The van der Waals surface area contributed by atoms with Crippen LogP contribution in [0.3, 0.4) is 0 Å². The van der Waals surface area contributed by atoms with E-state index in [9.17, 15) is 4.79 Å². The highest BCUT2D eigenvalue weighted by atomic mass is 32.2. The molecule has 2 aromatic heterocycles. The van der Waals surface area contributed by atoms with E-state index in [-0.39, 0.29) is 5.78 Å². The zero-order valence-electron chi connectivity index (χ0n) is 15.3. The number of ether oxygens (including phenoxy) is 1. The molecule has 0 spiro atoms. The highest BCUT2D eigenvalue weighted by Gasteiger charge is 2.17. The van der Waals surface area contributed by atoms with E-state index in [1.807, 2.05) is 48.7 Å². The van der Waals surface area contributed by atoms with Crippen LogP contribution in [-0.2, 0) is 6.54 Å². The van der Waals surface area contributed by atoms with E-state index in [2.05, 4.69) is 17.1 Å². The van der Waals surface area contributed by atoms with Gasteiger partial charge >= 0.3 is 0 Å². The number of carbonyl (C=O) groups excluding carboxylic acids is 1. The molecule has 3 rings (SSSR count). The van der Waals surface area contributed by atoms with E-state index in [1.54, 1.807) is 18.4 Å². The quantitative estimate of drug-likeness (QED) is 0.437. The van der Waals surface area contributed by atoms with Crippen LogP contribution in [0.15, 0.2) is 35.5 Å². The number of benzene rings is 1. The Kier molecular flexibility index (Phi) is 5.78. The van der Waals surface area contributed by atoms with Crippen LogP contribution in [0.1, 0.15) is 27.0 Å². The molecule has 0 aliphatic carbocycles. The van der Waals surface area contributed by atoms with Gasteiger partial charge in [0.2, 0.25) is 0 Å². The molecule has 0 aliphatic rings. The van der Waals surface area contributed by atoms with Crippen molar-refractivity contribution in [1.82, 2.24) is 14.8 Å². The van der Waals surface area contributed by atoms with Crippen LogP contribution in [0, 0.1) is 13.8 Å². The Balaban J connectivity index is 1.77. The lowest BCUT2D eigenvalue weighted by Crippen LogP contribution is -2.05. The normalized spacial score (nSPS) is 10.9. The third kappa shape index (κ3) is 3.83. The Hall–Kier alpha value is -2.12. The zero-order chi connectivity index (χ0) is 18.7. The summed E-state index contributed by atoms with van der Waals surface area (Å²) in [5.74, 6) is 2.09. The molecule has 0 unspecified atom stereocenters. The molecule has 136 valence electrons. The number of rotatable bonds is 7. The van der Waals surface area contributed by atoms with Crippen molar-refractivity contribution in [2.45, 2.75) is 32.5 Å². The van der Waals surface area contributed by atoms with Gasteiger partial charge in [-0.15, -0.1) is 21.5 Å². The van der Waals surface area contributed by atoms with Crippen molar-refractivity contribution in [3.05, 3.63) is 45.6 Å². The minimum atomic E-state index is 0.133. The van der Waals surface area contributed by atoms with Gasteiger partial charge in [-0.1, -0.05) is 11.8 Å². The number of aromatic nitrogens is 3. The smallest absolute Gasteiger partial charge is 0.191 e. The number of methoxy groups -OCH3 is 1. The molecule has 0 aliphatic heterocycles. The van der Waals surface area contributed by atoms with E-state index < -0.39 is 0 Å². The Bertz CT molecular complexity index is 914. The van der Waals surface area contributed by atoms with Gasteiger partial charge in [-0.25, -0.2) is 0 Å². The molecule has 0 atom stereocenters. The molecule has 26 heavy (non-hydrogen) atoms. The lowest BCUT2D eigenvalue weighted by atomic mass is 10.2. The highest BCUT2D eigenvalue weighted by Crippen LogP contribution is 2.27. The van der Waals surface area contributed by atoms with E-state index >= 15 is 0 Å². The highest BCUT2D eigenvalue weighted by molar-refractivity contribution is 7.99. The van der Waals surface area contributed by atoms with E-state index in [4.69, 9.17) is 4.74 Å². The molecule has 0 bridgehead atoms. The van der Waals surface area contributed by atoms with E-state index in [0.29, 0.717) is 5.75 Å². The first-order chi connectivity index (χ1) is 12.5. The van der Waals surface area contributed by atoms with E-state index in [0.717, 1.165) is 44.2 Å². The molecular weight excluding hydrogens is 366 g/mol. The Morgan fingerprint density at radius 3 is 2.54 bits per heavy atom. The van der Waals surface area contributed by atoms with Crippen molar-refractivity contribution in [3.63, 3.8) is 0 Å². The maximum absolute atomic E-state index is 12.5. The number of hydrogen-bond acceptors (Lipinski definition) is 6. The predicted octanol–water partition coefficient (Wildman–Crippen LogP) is 4.63. The van der Waals surface area contributed by atoms with Crippen LogP contribution >= 0.6 is 23.1 Å². The minimum absolute atomic E-state index is 0.133. The summed E-state index contributed by atoms with van der Waals surface area (Å²) < 4.78 is 7.23. The topological polar surface area (TPSA) is 57.0 Å². The van der Waals surface area contributed by atoms with Gasteiger partial charge in [0.05, 0.1) is 12.9 Å². The largest absolute Gasteiger partial charge is 0.497 e. The lowest BCUT2D eigenvalue weighted by molar-refractivity contribution is 0.102. The number of aryl methyl sites for hydroxylation is 2. The second-order valence-electron chi connectivity index (χ2n) is 5.82. The summed E-state index contributed by atoms with van der Waals surface area (Å²) in [4.78, 5) is 14.7. The number of Topliss-reactive ketones (excluding diaryl/α,β-unsaturated/α-hetero) is 1. The fourth-order valence-corrected chi connectivity index (χ4v) is 4.58. The van der Waals surface area contributed by atoms with E-state index in [1.165, 1.54) is 11.8 Å². The van der Waals surface area contributed by atoms with Gasteiger partial charge < -0.3 is 9.30 Å². The van der Waals surface area contributed by atoms with Crippen LogP contribution in [0.5, 0.6) is 5.75 Å². The maximum atomic E-state index is 12.5. The molecule has 0 saturated carbocycles. The molecule has 7 heteroatoms. The average Bonchev–Trinajstić information content (AvgIpc) is 3.21. The summed E-state index contributed by atoms with van der Waals surface area (Å²) in [6.45, 7) is 6.80. The fourth-order valence-electron chi connectivity index (χ4n) is 2.75. The van der Waals surface area contributed by atoms with Gasteiger partial charge in [0.15, 0.2) is 16.8 Å². The van der Waals surface area contributed by atoms with Crippen molar-refractivity contribution in [3.8, 4) is 17.1 Å². The van der Waals surface area contributed by atoms with Gasteiger partial charge in [-0.3, -0.25) is 4.79 Å². The number of nitrogens with zero attached hydrogens (tertiary/aromatic N) is 3. The SMILES string of the molecule is CCn1c(SCC(=O)c2cc(C)sc2C)nnc1-c1ccc(OC)cc1. The second kappa shape index (κ2) is 8.05. The van der Waals surface area contributed by atoms with Gasteiger partial charge in [0.25, 0.3) is 0 Å². The third-order valence-electron chi connectivity index (χ3n) is 4.06. The molecule has 0 saturated heterocycles. The lowest BCUT2D eigenvalue weighted by Gasteiger charge is -2.08. The molecule has 0 fully saturated rings. The molecule has 0 N–H and O–H groups in total. The summed E-state index contributed by atoms with van der Waals surface area (Å²) in [7, 11) is 1.64. The fraction of sp³-hybridized carbons (Fsp3) is 0.316. The Morgan fingerprint density at radius 1 is 1.23 bits per heavy atom. The van der Waals surface area contributed by atoms with Crippen LogP contribution in [-0.4, -0.2) is 33.4 Å². The van der Waals surface area contributed by atoms with Gasteiger partial charge in [0, 0.05) is 27.4 Å². The van der Waals surface area contributed by atoms with Crippen molar-refractivity contribution < 1.29 is 9.53 Å². The predicted molar refractivity (Wildman–Crippen MR) is 107 cm³/mol. The standard InChI is InChI=1S/C19H21N3O2S2/c1-5-22-18(14-6-8-15(24-4)9-7-14)20-21-19(22)25-11-17(23)16-10-12(2)26-13(16)3/h6-10H,5,11H2,1-4H3. The van der Waals surface area contributed by atoms with Crippen molar-refractivity contribution in [2.75, 3.05) is 12.9 Å². The number of thioether (sulfide) groups is 1. The molecule has 3 aromatic rings. The van der Waals surface area contributed by atoms with Crippen molar-refractivity contribution in [1.29, 1.82) is 0 Å². The third-order valence-corrected chi connectivity index (χ3v) is 5.99. The first-order valence-corrected chi connectivity index (χ1v) is 10.1. The van der Waals surface area contributed by atoms with Crippen LogP contribution in [0.4, 0.5) is 0 Å². The van der Waals surface area contributed by atoms with Gasteiger partial charge in [-0.2, -0.15) is 0 Å². The molecule has 0 amide bonds. The summed E-state index contributed by atoms with van der Waals surface area (Å²) in [6, 6.07) is 9.71. The molecule has 2 heterocycles. The number of ketones is 1. The summed E-state index contributed by atoms with van der Waals surface area (Å²) >= 11 is 3.09. The molecule has 5 nitrogen and oxygen atoms in total. The second-order valence-corrected chi connectivity index (χ2v) is 8.22. The van der Waals surface area contributed by atoms with Crippen LogP contribution < -0.4 is 4.74 Å². The Morgan fingerprint density at radius 2 is 1.96 bits per heavy atom. The number of carbonyl (C=O) groups is 1. The summed E-state index contributed by atoms with van der Waals surface area (Å²) in [5.41, 5.74) is 1.79. The average molecular weight is 388 g/mol. The summed E-state index contributed by atoms with van der Waals surface area (Å²) in [6.07, 6.45) is 0. The monoisotopic (exact) mass is 387 g/mol. The van der Waals surface area contributed by atoms with Gasteiger partial charge in [0.1, 0.15) is 5.75 Å². The Labute approximate surface area is 161 Å². The maximum Gasteiger partial charge on any atom is 0.191 e.